The molecule has 2 N–H and O–H groups in total. The van der Waals surface area contributed by atoms with Crippen LogP contribution in [0.25, 0.3) is 0 Å². The van der Waals surface area contributed by atoms with Gasteiger partial charge in [-0.25, -0.2) is 0 Å². The smallest absolute Gasteiger partial charge is 0.269 e. The minimum absolute atomic E-state index is 0.0730. The molecule has 1 aromatic carbocycles. The van der Waals surface area contributed by atoms with E-state index in [1.807, 2.05) is 0 Å². The number of non-ortho nitro benzene ring substituents is 1. The van der Waals surface area contributed by atoms with Crippen molar-refractivity contribution in [3.05, 3.63) is 34.4 Å². The van der Waals surface area contributed by atoms with Gasteiger partial charge < -0.3 is 10.6 Å². The summed E-state index contributed by atoms with van der Waals surface area (Å²) in [4.78, 5) is 21.6. The Hall–Kier alpha value is -2.11. The monoisotopic (exact) mass is 263 g/mol. The second kappa shape index (κ2) is 6.17. The number of nitro groups is 1. The van der Waals surface area contributed by atoms with Crippen LogP contribution in [0, 0.1) is 16.0 Å². The van der Waals surface area contributed by atoms with Gasteiger partial charge in [-0.2, -0.15) is 0 Å². The molecule has 1 saturated carbocycles. The molecule has 1 aliphatic rings. The molecule has 0 spiro atoms. The topological polar surface area (TPSA) is 84.3 Å². The van der Waals surface area contributed by atoms with Gasteiger partial charge in [0.1, 0.15) is 0 Å². The third-order valence-corrected chi connectivity index (χ3v) is 3.31. The molecule has 1 fully saturated rings. The Morgan fingerprint density at radius 3 is 2.47 bits per heavy atom. The average Bonchev–Trinajstić information content (AvgIpc) is 2.33. The van der Waals surface area contributed by atoms with Crippen LogP contribution in [0.1, 0.15) is 19.3 Å². The first kappa shape index (κ1) is 13.3. The molecule has 0 heterocycles. The zero-order chi connectivity index (χ0) is 13.7. The number of nitrogens with one attached hydrogen (secondary N) is 2. The number of carbonyl (C=O) groups excluding carboxylic acids is 1. The van der Waals surface area contributed by atoms with Crippen molar-refractivity contribution in [1.29, 1.82) is 0 Å². The predicted octanol–water partition coefficient (Wildman–Crippen LogP) is 1.92. The van der Waals surface area contributed by atoms with Crippen molar-refractivity contribution in [2.75, 3.05) is 18.4 Å². The Balaban J connectivity index is 1.67. The average molecular weight is 263 g/mol. The van der Waals surface area contributed by atoms with E-state index >= 15 is 0 Å². The lowest BCUT2D eigenvalue weighted by atomic mass is 9.85. The van der Waals surface area contributed by atoms with E-state index in [0.717, 1.165) is 24.9 Å². The van der Waals surface area contributed by atoms with Crippen LogP contribution in [0.5, 0.6) is 0 Å². The maximum Gasteiger partial charge on any atom is 0.269 e. The highest BCUT2D eigenvalue weighted by Crippen LogP contribution is 2.25. The lowest BCUT2D eigenvalue weighted by molar-refractivity contribution is -0.384. The van der Waals surface area contributed by atoms with E-state index in [4.69, 9.17) is 0 Å². The van der Waals surface area contributed by atoms with E-state index < -0.39 is 4.92 Å². The fraction of sp³-hybridized carbons (Fsp3) is 0.462. The minimum atomic E-state index is -0.428. The summed E-state index contributed by atoms with van der Waals surface area (Å²) in [5, 5.41) is 16.5. The normalized spacial score (nSPS) is 14.5. The van der Waals surface area contributed by atoms with Gasteiger partial charge in [-0.05, 0) is 25.0 Å². The van der Waals surface area contributed by atoms with Crippen LogP contribution in [0.4, 0.5) is 11.4 Å². The molecule has 0 unspecified atom stereocenters. The first-order valence-corrected chi connectivity index (χ1v) is 6.43. The molecule has 0 saturated heterocycles. The maximum atomic E-state index is 11.5. The molecule has 0 aliphatic heterocycles. The molecular formula is C13H17N3O3. The lowest BCUT2D eigenvalue weighted by Crippen LogP contribution is -2.36. The van der Waals surface area contributed by atoms with E-state index in [1.165, 1.54) is 12.1 Å². The zero-order valence-corrected chi connectivity index (χ0v) is 10.6. The number of rotatable bonds is 6. The molecule has 0 radical (unpaired) electrons. The van der Waals surface area contributed by atoms with E-state index in [0.29, 0.717) is 13.1 Å². The van der Waals surface area contributed by atoms with Crippen LogP contribution in [0.2, 0.25) is 0 Å². The van der Waals surface area contributed by atoms with Crippen molar-refractivity contribution in [2.45, 2.75) is 19.3 Å². The predicted molar refractivity (Wildman–Crippen MR) is 71.9 cm³/mol. The van der Waals surface area contributed by atoms with Gasteiger partial charge in [0.2, 0.25) is 5.91 Å². The Kier molecular flexibility index (Phi) is 4.33. The van der Waals surface area contributed by atoms with Crippen LogP contribution >= 0.6 is 0 Å². The summed E-state index contributed by atoms with van der Waals surface area (Å²) in [6, 6.07) is 6.22. The van der Waals surface area contributed by atoms with E-state index in [1.54, 1.807) is 12.1 Å². The quantitative estimate of drug-likeness (QED) is 0.466. The molecule has 6 nitrogen and oxygen atoms in total. The summed E-state index contributed by atoms with van der Waals surface area (Å²) >= 11 is 0. The van der Waals surface area contributed by atoms with Crippen molar-refractivity contribution < 1.29 is 9.72 Å². The van der Waals surface area contributed by atoms with Gasteiger partial charge in [0.05, 0.1) is 4.92 Å². The number of hydrogen-bond acceptors (Lipinski definition) is 4. The Morgan fingerprint density at radius 1 is 1.26 bits per heavy atom. The summed E-state index contributed by atoms with van der Waals surface area (Å²) in [7, 11) is 0. The number of carbonyl (C=O) groups is 1. The Labute approximate surface area is 111 Å². The van der Waals surface area contributed by atoms with Gasteiger partial charge in [0.25, 0.3) is 5.69 Å². The molecular weight excluding hydrogens is 246 g/mol. The van der Waals surface area contributed by atoms with Gasteiger partial charge in [0.15, 0.2) is 0 Å². The van der Waals surface area contributed by atoms with Crippen molar-refractivity contribution in [1.82, 2.24) is 5.32 Å². The summed E-state index contributed by atoms with van der Waals surface area (Å²) in [5.74, 6) is 0.344. The highest BCUT2D eigenvalue weighted by Gasteiger charge is 2.24. The summed E-state index contributed by atoms with van der Waals surface area (Å²) in [5.41, 5.74) is 0.882. The molecule has 102 valence electrons. The number of anilines is 1. The summed E-state index contributed by atoms with van der Waals surface area (Å²) < 4.78 is 0. The third-order valence-electron chi connectivity index (χ3n) is 3.31. The van der Waals surface area contributed by atoms with Crippen molar-refractivity contribution >= 4 is 17.3 Å². The molecule has 6 heteroatoms. The van der Waals surface area contributed by atoms with Crippen molar-refractivity contribution in [3.8, 4) is 0 Å². The van der Waals surface area contributed by atoms with Gasteiger partial charge in [0, 0.05) is 36.8 Å². The number of hydrogen-bond donors (Lipinski definition) is 2. The van der Waals surface area contributed by atoms with E-state index in [-0.39, 0.29) is 17.5 Å². The van der Waals surface area contributed by atoms with Crippen LogP contribution in [-0.4, -0.2) is 23.9 Å². The van der Waals surface area contributed by atoms with Crippen molar-refractivity contribution in [2.24, 2.45) is 5.92 Å². The fourth-order valence-corrected chi connectivity index (χ4v) is 1.91. The third kappa shape index (κ3) is 3.67. The van der Waals surface area contributed by atoms with Crippen molar-refractivity contribution in [3.63, 3.8) is 0 Å². The SMILES string of the molecule is O=C(NCCNc1ccc([N+](=O)[O-])cc1)C1CCC1. The molecule has 0 atom stereocenters. The van der Waals surface area contributed by atoms with Gasteiger partial charge in [-0.1, -0.05) is 6.42 Å². The van der Waals surface area contributed by atoms with Crippen LogP contribution in [0.3, 0.4) is 0 Å². The first-order valence-electron chi connectivity index (χ1n) is 6.43. The molecule has 2 rings (SSSR count). The van der Waals surface area contributed by atoms with Crippen LogP contribution in [0.15, 0.2) is 24.3 Å². The Morgan fingerprint density at radius 2 is 1.95 bits per heavy atom. The second-order valence-electron chi connectivity index (χ2n) is 4.65. The van der Waals surface area contributed by atoms with E-state index in [9.17, 15) is 14.9 Å². The number of benzene rings is 1. The van der Waals surface area contributed by atoms with Gasteiger partial charge in [-0.3, -0.25) is 14.9 Å². The lowest BCUT2D eigenvalue weighted by Gasteiger charge is -2.24. The molecule has 0 aromatic heterocycles. The molecule has 1 amide bonds. The molecule has 1 aliphatic carbocycles. The van der Waals surface area contributed by atoms with Gasteiger partial charge >= 0.3 is 0 Å². The zero-order valence-electron chi connectivity index (χ0n) is 10.6. The minimum Gasteiger partial charge on any atom is -0.383 e. The van der Waals surface area contributed by atoms with Crippen LogP contribution < -0.4 is 10.6 Å². The first-order chi connectivity index (χ1) is 9.16. The van der Waals surface area contributed by atoms with Gasteiger partial charge in [-0.15, -0.1) is 0 Å². The molecule has 19 heavy (non-hydrogen) atoms. The fourth-order valence-electron chi connectivity index (χ4n) is 1.91. The standard InChI is InChI=1S/C13H17N3O3/c17-13(10-2-1-3-10)15-9-8-14-11-4-6-12(7-5-11)16(18)19/h4-7,10,14H,1-3,8-9H2,(H,15,17). The van der Waals surface area contributed by atoms with Crippen LogP contribution in [-0.2, 0) is 4.79 Å². The summed E-state index contributed by atoms with van der Waals surface area (Å²) in [6.45, 7) is 1.17. The number of nitrogens with zero attached hydrogens (tertiary/aromatic N) is 1. The number of amides is 1. The highest BCUT2D eigenvalue weighted by atomic mass is 16.6. The maximum absolute atomic E-state index is 11.5. The van der Waals surface area contributed by atoms with E-state index in [2.05, 4.69) is 10.6 Å². The number of nitro benzene ring substituents is 1. The second-order valence-corrected chi connectivity index (χ2v) is 4.65. The molecule has 0 bridgehead atoms. The summed E-state index contributed by atoms with van der Waals surface area (Å²) in [6.07, 6.45) is 3.16. The highest BCUT2D eigenvalue weighted by molar-refractivity contribution is 5.79. The largest absolute Gasteiger partial charge is 0.383 e. The molecule has 1 aromatic rings. The Bertz CT molecular complexity index is 455.